The minimum Gasteiger partial charge on any atom is -0.454 e. The maximum atomic E-state index is 12.5. The number of benzene rings is 2. The first-order valence-electron chi connectivity index (χ1n) is 7.57. The lowest BCUT2D eigenvalue weighted by molar-refractivity contribution is 0.102. The zero-order valence-corrected chi connectivity index (χ0v) is 13.7. The fourth-order valence-electron chi connectivity index (χ4n) is 2.65. The van der Waals surface area contributed by atoms with Crippen LogP contribution in [0, 0.1) is 0 Å². The molecule has 0 unspecified atom stereocenters. The second-order valence-electron chi connectivity index (χ2n) is 5.46. The van der Waals surface area contributed by atoms with Gasteiger partial charge in [-0.3, -0.25) is 9.69 Å². The van der Waals surface area contributed by atoms with E-state index >= 15 is 0 Å². The number of rotatable bonds is 3. The van der Waals surface area contributed by atoms with E-state index in [1.807, 2.05) is 0 Å². The smallest absolute Gasteiger partial charge is 0.414 e. The molecule has 0 radical (unpaired) electrons. The van der Waals surface area contributed by atoms with Crippen molar-refractivity contribution in [3.63, 3.8) is 0 Å². The first-order valence-corrected chi connectivity index (χ1v) is 7.94. The van der Waals surface area contributed by atoms with Gasteiger partial charge >= 0.3 is 6.09 Å². The van der Waals surface area contributed by atoms with Crippen molar-refractivity contribution in [3.05, 3.63) is 47.0 Å². The van der Waals surface area contributed by atoms with Crippen LogP contribution in [0.25, 0.3) is 0 Å². The standard InChI is InChI=1S/C17H13ClN2O5/c18-12-7-14-15(25-9-24-14)8-13(12)19-16(21)10-2-1-3-11(6-10)20-4-5-23-17(20)22/h1-3,6-8H,4-5,9H2,(H,19,21). The minimum atomic E-state index is -0.420. The van der Waals surface area contributed by atoms with Crippen LogP contribution in [0.1, 0.15) is 10.4 Å². The van der Waals surface area contributed by atoms with Gasteiger partial charge in [-0.05, 0) is 18.2 Å². The van der Waals surface area contributed by atoms with Crippen LogP contribution in [-0.4, -0.2) is 31.9 Å². The van der Waals surface area contributed by atoms with Gasteiger partial charge < -0.3 is 19.5 Å². The summed E-state index contributed by atoms with van der Waals surface area (Å²) in [5.41, 5.74) is 1.42. The highest BCUT2D eigenvalue weighted by molar-refractivity contribution is 6.34. The van der Waals surface area contributed by atoms with Crippen molar-refractivity contribution in [2.75, 3.05) is 30.2 Å². The van der Waals surface area contributed by atoms with Crippen LogP contribution in [0.3, 0.4) is 0 Å². The van der Waals surface area contributed by atoms with E-state index in [1.54, 1.807) is 36.4 Å². The summed E-state index contributed by atoms with van der Waals surface area (Å²) >= 11 is 6.17. The van der Waals surface area contributed by atoms with Gasteiger partial charge in [-0.15, -0.1) is 0 Å². The van der Waals surface area contributed by atoms with Crippen LogP contribution in [0.2, 0.25) is 5.02 Å². The normalized spacial score (nSPS) is 15.2. The molecule has 128 valence electrons. The molecule has 1 fully saturated rings. The number of carbonyl (C=O) groups excluding carboxylic acids is 2. The van der Waals surface area contributed by atoms with E-state index in [-0.39, 0.29) is 12.7 Å². The molecule has 2 aliphatic heterocycles. The molecule has 7 nitrogen and oxygen atoms in total. The Morgan fingerprint density at radius 2 is 1.92 bits per heavy atom. The van der Waals surface area contributed by atoms with Crippen molar-refractivity contribution in [3.8, 4) is 11.5 Å². The number of cyclic esters (lactones) is 1. The van der Waals surface area contributed by atoms with Crippen LogP contribution in [0.15, 0.2) is 36.4 Å². The number of nitrogens with zero attached hydrogens (tertiary/aromatic N) is 1. The van der Waals surface area contributed by atoms with Crippen molar-refractivity contribution in [1.82, 2.24) is 0 Å². The lowest BCUT2D eigenvalue weighted by Crippen LogP contribution is -2.23. The van der Waals surface area contributed by atoms with Crippen LogP contribution < -0.4 is 19.7 Å². The number of anilines is 2. The van der Waals surface area contributed by atoms with E-state index in [1.165, 1.54) is 4.90 Å². The van der Waals surface area contributed by atoms with Crippen molar-refractivity contribution < 1.29 is 23.8 Å². The molecule has 1 saturated heterocycles. The third-order valence-corrected chi connectivity index (χ3v) is 4.20. The summed E-state index contributed by atoms with van der Waals surface area (Å²) in [6, 6.07) is 9.94. The van der Waals surface area contributed by atoms with Gasteiger partial charge in [0.05, 0.1) is 17.3 Å². The zero-order valence-electron chi connectivity index (χ0n) is 13.0. The van der Waals surface area contributed by atoms with Crippen molar-refractivity contribution in [1.29, 1.82) is 0 Å². The summed E-state index contributed by atoms with van der Waals surface area (Å²) in [5, 5.41) is 3.09. The van der Waals surface area contributed by atoms with E-state index in [4.69, 9.17) is 25.8 Å². The molecule has 2 aromatic rings. The van der Waals surface area contributed by atoms with Gasteiger partial charge in [0.25, 0.3) is 5.91 Å². The third-order valence-electron chi connectivity index (χ3n) is 3.89. The average Bonchev–Trinajstić information content (AvgIpc) is 3.23. The molecule has 1 N–H and O–H groups in total. The summed E-state index contributed by atoms with van der Waals surface area (Å²) in [5.74, 6) is 0.709. The molecule has 8 heteroatoms. The molecule has 0 aliphatic carbocycles. The second kappa shape index (κ2) is 6.18. The monoisotopic (exact) mass is 360 g/mol. The molecule has 0 bridgehead atoms. The maximum absolute atomic E-state index is 12.5. The molecule has 0 saturated carbocycles. The summed E-state index contributed by atoms with van der Waals surface area (Å²) in [6.07, 6.45) is -0.420. The number of nitrogens with one attached hydrogen (secondary N) is 1. The summed E-state index contributed by atoms with van der Waals surface area (Å²) in [6.45, 7) is 0.914. The highest BCUT2D eigenvalue weighted by atomic mass is 35.5. The number of carbonyl (C=O) groups is 2. The number of fused-ring (bicyclic) bond motifs is 1. The van der Waals surface area contributed by atoms with Crippen LogP contribution in [-0.2, 0) is 4.74 Å². The van der Waals surface area contributed by atoms with Gasteiger partial charge in [0.15, 0.2) is 11.5 Å². The molecule has 25 heavy (non-hydrogen) atoms. The molecule has 0 spiro atoms. The predicted octanol–water partition coefficient (Wildman–Crippen LogP) is 3.28. The quantitative estimate of drug-likeness (QED) is 0.909. The predicted molar refractivity (Wildman–Crippen MR) is 90.7 cm³/mol. The van der Waals surface area contributed by atoms with Crippen molar-refractivity contribution in [2.45, 2.75) is 0 Å². The summed E-state index contributed by atoms with van der Waals surface area (Å²) in [4.78, 5) is 25.7. The van der Waals surface area contributed by atoms with Gasteiger partial charge in [0.2, 0.25) is 6.79 Å². The third kappa shape index (κ3) is 2.94. The second-order valence-corrected chi connectivity index (χ2v) is 5.86. The zero-order chi connectivity index (χ0) is 17.4. The Bertz CT molecular complexity index is 870. The first kappa shape index (κ1) is 15.6. The fourth-order valence-corrected chi connectivity index (χ4v) is 2.85. The molecule has 0 atom stereocenters. The van der Waals surface area contributed by atoms with Gasteiger partial charge in [-0.2, -0.15) is 0 Å². The van der Waals surface area contributed by atoms with Crippen molar-refractivity contribution in [2.24, 2.45) is 0 Å². The van der Waals surface area contributed by atoms with Gasteiger partial charge in [0.1, 0.15) is 6.61 Å². The summed E-state index contributed by atoms with van der Waals surface area (Å²) < 4.78 is 15.4. The van der Waals surface area contributed by atoms with E-state index in [9.17, 15) is 9.59 Å². The molecular formula is C17H13ClN2O5. The highest BCUT2D eigenvalue weighted by Gasteiger charge is 2.24. The molecule has 2 heterocycles. The molecule has 2 aliphatic rings. The topological polar surface area (TPSA) is 77.1 Å². The molecule has 2 aromatic carbocycles. The van der Waals surface area contributed by atoms with E-state index in [0.29, 0.717) is 46.6 Å². The van der Waals surface area contributed by atoms with Crippen molar-refractivity contribution >= 4 is 35.0 Å². The van der Waals surface area contributed by atoms with Gasteiger partial charge in [-0.25, -0.2) is 4.79 Å². The minimum absolute atomic E-state index is 0.122. The number of hydrogen-bond acceptors (Lipinski definition) is 5. The Labute approximate surface area is 148 Å². The Morgan fingerprint density at radius 3 is 2.68 bits per heavy atom. The Balaban J connectivity index is 1.57. The Kier molecular flexibility index (Phi) is 3.85. The average molecular weight is 361 g/mol. The number of ether oxygens (including phenoxy) is 3. The lowest BCUT2D eigenvalue weighted by atomic mass is 10.1. The van der Waals surface area contributed by atoms with E-state index in [0.717, 1.165) is 0 Å². The molecule has 0 aromatic heterocycles. The first-order chi connectivity index (χ1) is 12.1. The molecule has 2 amide bonds. The maximum Gasteiger partial charge on any atom is 0.414 e. The largest absolute Gasteiger partial charge is 0.454 e. The highest BCUT2D eigenvalue weighted by Crippen LogP contribution is 2.39. The Hall–Kier alpha value is -2.93. The Morgan fingerprint density at radius 1 is 1.12 bits per heavy atom. The van der Waals surface area contributed by atoms with Crippen LogP contribution in [0.4, 0.5) is 16.2 Å². The number of halogens is 1. The number of hydrogen-bond donors (Lipinski definition) is 1. The fraction of sp³-hybridized carbons (Fsp3) is 0.176. The lowest BCUT2D eigenvalue weighted by Gasteiger charge is -2.14. The summed E-state index contributed by atoms with van der Waals surface area (Å²) in [7, 11) is 0. The molecule has 4 rings (SSSR count). The van der Waals surface area contributed by atoms with Crippen LogP contribution in [0.5, 0.6) is 11.5 Å². The van der Waals surface area contributed by atoms with E-state index in [2.05, 4.69) is 5.32 Å². The number of amides is 2. The van der Waals surface area contributed by atoms with Gasteiger partial charge in [0, 0.05) is 23.4 Å². The van der Waals surface area contributed by atoms with E-state index < -0.39 is 6.09 Å². The SMILES string of the molecule is O=C(Nc1cc2c(cc1Cl)OCO2)c1cccc(N2CCOC2=O)c1. The molecular weight excluding hydrogens is 348 g/mol. The van der Waals surface area contributed by atoms with Crippen LogP contribution >= 0.6 is 11.6 Å². The van der Waals surface area contributed by atoms with Gasteiger partial charge in [-0.1, -0.05) is 17.7 Å².